The maximum absolute atomic E-state index is 13.1. The molecule has 0 radical (unpaired) electrons. The molecule has 0 N–H and O–H groups in total. The molecule has 1 aliphatic heterocycles. The third kappa shape index (κ3) is 4.71. The minimum atomic E-state index is -4.29. The fourth-order valence-electron chi connectivity index (χ4n) is 3.37. The number of benzene rings is 1. The van der Waals surface area contributed by atoms with E-state index in [1.165, 1.54) is 12.1 Å². The summed E-state index contributed by atoms with van der Waals surface area (Å²) in [4.78, 5) is 10.7. The van der Waals surface area contributed by atoms with Crippen molar-refractivity contribution in [3.05, 3.63) is 52.4 Å². The van der Waals surface area contributed by atoms with Gasteiger partial charge in [0.15, 0.2) is 0 Å². The van der Waals surface area contributed by atoms with Crippen LogP contribution >= 0.6 is 15.9 Å². The number of nitrogens with zero attached hydrogens (tertiary/aromatic N) is 3. The smallest absolute Gasteiger partial charge is 0.355 e. The van der Waals surface area contributed by atoms with Crippen LogP contribution in [0.1, 0.15) is 30.4 Å². The second-order valence-electron chi connectivity index (χ2n) is 6.35. The molecule has 1 fully saturated rings. The first kappa shape index (κ1) is 18.2. The van der Waals surface area contributed by atoms with Gasteiger partial charge in [0.25, 0.3) is 0 Å². The van der Waals surface area contributed by atoms with Gasteiger partial charge in [-0.3, -0.25) is 4.98 Å². The fourth-order valence-corrected chi connectivity index (χ4v) is 3.67. The van der Waals surface area contributed by atoms with Gasteiger partial charge in [-0.15, -0.1) is 0 Å². The Morgan fingerprint density at radius 1 is 1.20 bits per heavy atom. The largest absolute Gasteiger partial charge is 0.416 e. The van der Waals surface area contributed by atoms with E-state index in [1.54, 1.807) is 24.5 Å². The standard InChI is InChI=1S/C18H19BrF3N3/c19-16-10-23-11-17(24-16)25-9-3-4-13(12-25)7-8-14-5-1-2-6-15(14)18(20,21)22/h1-2,5-6,10-11,13H,3-4,7-9,12H2. The monoisotopic (exact) mass is 413 g/mol. The number of aryl methyl sites for hydroxylation is 1. The average molecular weight is 414 g/mol. The molecular weight excluding hydrogens is 395 g/mol. The van der Waals surface area contributed by atoms with Crippen LogP contribution in [0.4, 0.5) is 19.0 Å². The molecule has 1 saturated heterocycles. The number of aromatic nitrogens is 2. The van der Waals surface area contributed by atoms with Crippen molar-refractivity contribution in [3.63, 3.8) is 0 Å². The van der Waals surface area contributed by atoms with Gasteiger partial charge >= 0.3 is 6.18 Å². The minimum Gasteiger partial charge on any atom is -0.355 e. The highest BCUT2D eigenvalue weighted by Gasteiger charge is 2.33. The van der Waals surface area contributed by atoms with Crippen molar-refractivity contribution in [3.8, 4) is 0 Å². The van der Waals surface area contributed by atoms with Crippen molar-refractivity contribution in [2.45, 2.75) is 31.9 Å². The molecule has 1 aromatic carbocycles. The van der Waals surface area contributed by atoms with E-state index in [-0.39, 0.29) is 0 Å². The van der Waals surface area contributed by atoms with E-state index in [1.807, 2.05) is 0 Å². The van der Waals surface area contributed by atoms with Crippen LogP contribution in [0, 0.1) is 5.92 Å². The van der Waals surface area contributed by atoms with Crippen molar-refractivity contribution < 1.29 is 13.2 Å². The SMILES string of the molecule is FC(F)(F)c1ccccc1CCC1CCCN(c2cncc(Br)n2)C1. The van der Waals surface area contributed by atoms with Crippen molar-refractivity contribution in [1.82, 2.24) is 9.97 Å². The molecule has 134 valence electrons. The van der Waals surface area contributed by atoms with Gasteiger partial charge in [0.05, 0.1) is 18.0 Å². The van der Waals surface area contributed by atoms with Crippen molar-refractivity contribution in [2.75, 3.05) is 18.0 Å². The molecule has 25 heavy (non-hydrogen) atoms. The summed E-state index contributed by atoms with van der Waals surface area (Å²) in [5, 5.41) is 0. The summed E-state index contributed by atoms with van der Waals surface area (Å²) >= 11 is 3.32. The van der Waals surface area contributed by atoms with Gasteiger partial charge in [0.2, 0.25) is 0 Å². The van der Waals surface area contributed by atoms with E-state index >= 15 is 0 Å². The molecule has 1 aromatic heterocycles. The Hall–Kier alpha value is -1.63. The first-order chi connectivity index (χ1) is 11.9. The van der Waals surface area contributed by atoms with Crippen molar-refractivity contribution in [2.24, 2.45) is 5.92 Å². The summed E-state index contributed by atoms with van der Waals surface area (Å²) in [7, 11) is 0. The summed E-state index contributed by atoms with van der Waals surface area (Å²) in [6, 6.07) is 5.87. The van der Waals surface area contributed by atoms with Crippen LogP contribution in [-0.2, 0) is 12.6 Å². The Morgan fingerprint density at radius 3 is 2.76 bits per heavy atom. The molecule has 0 bridgehead atoms. The molecule has 0 saturated carbocycles. The van der Waals surface area contributed by atoms with E-state index < -0.39 is 11.7 Å². The highest BCUT2D eigenvalue weighted by Crippen LogP contribution is 2.33. The Morgan fingerprint density at radius 2 is 2.00 bits per heavy atom. The van der Waals surface area contributed by atoms with E-state index in [0.717, 1.165) is 38.2 Å². The molecular formula is C18H19BrF3N3. The van der Waals surface area contributed by atoms with Crippen LogP contribution in [0.2, 0.25) is 0 Å². The van der Waals surface area contributed by atoms with Gasteiger partial charge in [-0.1, -0.05) is 18.2 Å². The summed E-state index contributed by atoms with van der Waals surface area (Å²) in [5.41, 5.74) is -0.130. The summed E-state index contributed by atoms with van der Waals surface area (Å²) < 4.78 is 40.0. The van der Waals surface area contributed by atoms with Crippen LogP contribution in [0.3, 0.4) is 0 Å². The Balaban J connectivity index is 1.64. The molecule has 1 atom stereocenters. The molecule has 1 aliphatic rings. The molecule has 0 amide bonds. The number of halogens is 4. The molecule has 0 aliphatic carbocycles. The van der Waals surface area contributed by atoms with Crippen LogP contribution in [0.25, 0.3) is 0 Å². The fraction of sp³-hybridized carbons (Fsp3) is 0.444. The molecule has 7 heteroatoms. The molecule has 0 spiro atoms. The van der Waals surface area contributed by atoms with Crippen LogP contribution in [-0.4, -0.2) is 23.1 Å². The van der Waals surface area contributed by atoms with Crippen molar-refractivity contribution in [1.29, 1.82) is 0 Å². The van der Waals surface area contributed by atoms with E-state index in [2.05, 4.69) is 30.8 Å². The number of alkyl halides is 3. The first-order valence-corrected chi connectivity index (χ1v) is 9.10. The summed E-state index contributed by atoms with van der Waals surface area (Å²) in [6.45, 7) is 1.71. The lowest BCUT2D eigenvalue weighted by atomic mass is 9.90. The van der Waals surface area contributed by atoms with Gasteiger partial charge < -0.3 is 4.90 Å². The third-order valence-corrected chi connectivity index (χ3v) is 4.96. The van der Waals surface area contributed by atoms with Gasteiger partial charge in [-0.2, -0.15) is 13.2 Å². The van der Waals surface area contributed by atoms with Crippen LogP contribution in [0.15, 0.2) is 41.3 Å². The quantitative estimate of drug-likeness (QED) is 0.697. The summed E-state index contributed by atoms with van der Waals surface area (Å²) in [6.07, 6.45) is 2.31. The summed E-state index contributed by atoms with van der Waals surface area (Å²) in [5.74, 6) is 1.17. The topological polar surface area (TPSA) is 29.0 Å². The highest BCUT2D eigenvalue weighted by molar-refractivity contribution is 9.10. The highest BCUT2D eigenvalue weighted by atomic mass is 79.9. The number of hydrogen-bond donors (Lipinski definition) is 0. The zero-order valence-electron chi connectivity index (χ0n) is 13.6. The Bertz CT molecular complexity index is 721. The van der Waals surface area contributed by atoms with Crippen molar-refractivity contribution >= 4 is 21.7 Å². The van der Waals surface area contributed by atoms with Gasteiger partial charge in [-0.05, 0) is 59.2 Å². The zero-order chi connectivity index (χ0) is 17.9. The molecule has 3 nitrogen and oxygen atoms in total. The van der Waals surface area contributed by atoms with Gasteiger partial charge in [-0.25, -0.2) is 4.98 Å². The predicted molar refractivity (Wildman–Crippen MR) is 94.4 cm³/mol. The molecule has 3 rings (SSSR count). The lowest BCUT2D eigenvalue weighted by Crippen LogP contribution is -2.36. The molecule has 1 unspecified atom stereocenters. The maximum atomic E-state index is 13.1. The average Bonchev–Trinajstić information content (AvgIpc) is 2.60. The second kappa shape index (κ2) is 7.72. The lowest BCUT2D eigenvalue weighted by Gasteiger charge is -2.33. The minimum absolute atomic E-state index is 0.357. The van der Waals surface area contributed by atoms with Gasteiger partial charge in [0, 0.05) is 13.1 Å². The van der Waals surface area contributed by atoms with E-state index in [0.29, 0.717) is 22.5 Å². The Kier molecular flexibility index (Phi) is 5.61. The Labute approximate surface area is 153 Å². The van der Waals surface area contributed by atoms with Gasteiger partial charge in [0.1, 0.15) is 10.4 Å². The normalized spacial score (nSPS) is 18.4. The third-order valence-electron chi connectivity index (χ3n) is 4.58. The van der Waals surface area contributed by atoms with Crippen LogP contribution < -0.4 is 4.90 Å². The first-order valence-electron chi connectivity index (χ1n) is 8.31. The maximum Gasteiger partial charge on any atom is 0.416 e. The lowest BCUT2D eigenvalue weighted by molar-refractivity contribution is -0.138. The second-order valence-corrected chi connectivity index (χ2v) is 7.16. The van der Waals surface area contributed by atoms with E-state index in [9.17, 15) is 13.2 Å². The number of anilines is 1. The number of rotatable bonds is 4. The number of piperidine rings is 1. The zero-order valence-corrected chi connectivity index (χ0v) is 15.2. The molecule has 2 aromatic rings. The van der Waals surface area contributed by atoms with E-state index in [4.69, 9.17) is 0 Å². The number of hydrogen-bond acceptors (Lipinski definition) is 3. The molecule has 2 heterocycles. The van der Waals surface area contributed by atoms with Crippen LogP contribution in [0.5, 0.6) is 0 Å². The predicted octanol–water partition coefficient (Wildman–Crippen LogP) is 5.11.